The molecular formula is C16H17FN2. The van der Waals surface area contributed by atoms with Crippen molar-refractivity contribution in [3.8, 4) is 0 Å². The lowest BCUT2D eigenvalue weighted by molar-refractivity contribution is 0.545. The molecule has 19 heavy (non-hydrogen) atoms. The molecule has 98 valence electrons. The van der Waals surface area contributed by atoms with E-state index < -0.39 is 0 Å². The number of nitrogens with zero attached hydrogens (tertiary/aromatic N) is 1. The van der Waals surface area contributed by atoms with Crippen LogP contribution in [0.25, 0.3) is 0 Å². The van der Waals surface area contributed by atoms with Crippen molar-refractivity contribution in [3.05, 3.63) is 65.7 Å². The van der Waals surface area contributed by atoms with Gasteiger partial charge in [-0.05, 0) is 31.0 Å². The standard InChI is InChI=1S/C16H17FN2/c1-11(15-8-7-13(17)10-18-15)19-16-9-14(16)12-5-3-2-4-6-12/h2-8,10-11,14,16,19H,9H2,1H3. The van der Waals surface area contributed by atoms with Crippen LogP contribution in [0.3, 0.4) is 0 Å². The number of pyridine rings is 1. The molecule has 3 rings (SSSR count). The zero-order valence-corrected chi connectivity index (χ0v) is 10.9. The summed E-state index contributed by atoms with van der Waals surface area (Å²) in [5.41, 5.74) is 2.28. The van der Waals surface area contributed by atoms with Gasteiger partial charge >= 0.3 is 0 Å². The van der Waals surface area contributed by atoms with Crippen LogP contribution in [0.1, 0.15) is 36.6 Å². The number of hydrogen-bond donors (Lipinski definition) is 1. The maximum Gasteiger partial charge on any atom is 0.141 e. The quantitative estimate of drug-likeness (QED) is 0.906. The smallest absolute Gasteiger partial charge is 0.141 e. The minimum atomic E-state index is -0.287. The summed E-state index contributed by atoms with van der Waals surface area (Å²) in [6.45, 7) is 2.07. The topological polar surface area (TPSA) is 24.9 Å². The average Bonchev–Trinajstić information content (AvgIpc) is 3.20. The Morgan fingerprint density at radius 3 is 2.68 bits per heavy atom. The highest BCUT2D eigenvalue weighted by Gasteiger charge is 2.38. The number of aromatic nitrogens is 1. The number of rotatable bonds is 4. The normalized spacial score (nSPS) is 23.1. The Kier molecular flexibility index (Phi) is 3.30. The third-order valence-electron chi connectivity index (χ3n) is 3.68. The fraction of sp³-hybridized carbons (Fsp3) is 0.312. The van der Waals surface area contributed by atoms with Crippen molar-refractivity contribution in [2.24, 2.45) is 0 Å². The summed E-state index contributed by atoms with van der Waals surface area (Å²) in [7, 11) is 0. The zero-order chi connectivity index (χ0) is 13.2. The number of benzene rings is 1. The first-order valence-corrected chi connectivity index (χ1v) is 6.66. The highest BCUT2D eigenvalue weighted by Crippen LogP contribution is 2.41. The van der Waals surface area contributed by atoms with Crippen LogP contribution in [-0.4, -0.2) is 11.0 Å². The van der Waals surface area contributed by atoms with Gasteiger partial charge in [-0.1, -0.05) is 30.3 Å². The highest BCUT2D eigenvalue weighted by molar-refractivity contribution is 5.28. The molecule has 1 aliphatic rings. The second kappa shape index (κ2) is 5.10. The van der Waals surface area contributed by atoms with Gasteiger partial charge in [0.25, 0.3) is 0 Å². The predicted molar refractivity (Wildman–Crippen MR) is 73.3 cm³/mol. The Labute approximate surface area is 112 Å². The molecular weight excluding hydrogens is 239 g/mol. The predicted octanol–water partition coefficient (Wildman–Crippen LogP) is 3.43. The number of nitrogens with one attached hydrogen (secondary N) is 1. The monoisotopic (exact) mass is 256 g/mol. The molecule has 2 aromatic rings. The molecule has 0 radical (unpaired) electrons. The summed E-state index contributed by atoms with van der Waals surface area (Å²) in [5, 5.41) is 3.55. The Hall–Kier alpha value is -1.74. The van der Waals surface area contributed by atoms with E-state index in [1.54, 1.807) is 6.07 Å². The fourth-order valence-corrected chi connectivity index (χ4v) is 2.50. The van der Waals surface area contributed by atoms with E-state index in [1.165, 1.54) is 17.8 Å². The van der Waals surface area contributed by atoms with Gasteiger partial charge in [-0.2, -0.15) is 0 Å². The molecule has 1 saturated carbocycles. The highest BCUT2D eigenvalue weighted by atomic mass is 19.1. The summed E-state index contributed by atoms with van der Waals surface area (Å²) in [4.78, 5) is 4.12. The number of hydrogen-bond acceptors (Lipinski definition) is 2. The van der Waals surface area contributed by atoms with Gasteiger partial charge in [0.15, 0.2) is 0 Å². The molecule has 1 aromatic carbocycles. The van der Waals surface area contributed by atoms with E-state index in [-0.39, 0.29) is 11.9 Å². The molecule has 0 spiro atoms. The van der Waals surface area contributed by atoms with E-state index in [0.29, 0.717) is 12.0 Å². The summed E-state index contributed by atoms with van der Waals surface area (Å²) >= 11 is 0. The second-order valence-corrected chi connectivity index (χ2v) is 5.15. The van der Waals surface area contributed by atoms with Crippen LogP contribution in [0, 0.1) is 5.82 Å². The van der Waals surface area contributed by atoms with Crippen LogP contribution in [0.5, 0.6) is 0 Å². The van der Waals surface area contributed by atoms with Crippen molar-refractivity contribution in [1.29, 1.82) is 0 Å². The molecule has 1 aromatic heterocycles. The molecule has 1 N–H and O–H groups in total. The lowest BCUT2D eigenvalue weighted by Gasteiger charge is -2.13. The lowest BCUT2D eigenvalue weighted by atomic mass is 10.1. The molecule has 2 nitrogen and oxygen atoms in total. The molecule has 1 heterocycles. The summed E-state index contributed by atoms with van der Waals surface area (Å²) in [6.07, 6.45) is 2.44. The van der Waals surface area contributed by atoms with Gasteiger partial charge in [-0.3, -0.25) is 4.98 Å². The third-order valence-corrected chi connectivity index (χ3v) is 3.68. The average molecular weight is 256 g/mol. The Bertz CT molecular complexity index is 538. The molecule has 0 amide bonds. The Balaban J connectivity index is 1.60. The van der Waals surface area contributed by atoms with Gasteiger partial charge < -0.3 is 5.32 Å². The van der Waals surface area contributed by atoms with Crippen molar-refractivity contribution < 1.29 is 4.39 Å². The van der Waals surface area contributed by atoms with Gasteiger partial charge in [0, 0.05) is 18.0 Å². The molecule has 0 bridgehead atoms. The van der Waals surface area contributed by atoms with Crippen molar-refractivity contribution >= 4 is 0 Å². The Morgan fingerprint density at radius 1 is 1.21 bits per heavy atom. The van der Waals surface area contributed by atoms with Crippen LogP contribution in [0.15, 0.2) is 48.7 Å². The van der Waals surface area contributed by atoms with Crippen LogP contribution >= 0.6 is 0 Å². The van der Waals surface area contributed by atoms with E-state index in [9.17, 15) is 4.39 Å². The van der Waals surface area contributed by atoms with Crippen LogP contribution in [0.2, 0.25) is 0 Å². The molecule has 1 fully saturated rings. The van der Waals surface area contributed by atoms with E-state index in [4.69, 9.17) is 0 Å². The molecule has 3 heteroatoms. The zero-order valence-electron chi connectivity index (χ0n) is 10.9. The lowest BCUT2D eigenvalue weighted by Crippen LogP contribution is -2.22. The van der Waals surface area contributed by atoms with Gasteiger partial charge in [0.05, 0.1) is 11.9 Å². The molecule has 1 aliphatic carbocycles. The SMILES string of the molecule is CC(NC1CC1c1ccccc1)c1ccc(F)cn1. The second-order valence-electron chi connectivity index (χ2n) is 5.15. The van der Waals surface area contributed by atoms with Crippen LogP contribution < -0.4 is 5.32 Å². The largest absolute Gasteiger partial charge is 0.305 e. The van der Waals surface area contributed by atoms with Crippen LogP contribution in [0.4, 0.5) is 4.39 Å². The van der Waals surface area contributed by atoms with Crippen molar-refractivity contribution in [2.45, 2.75) is 31.3 Å². The third kappa shape index (κ3) is 2.82. The minimum Gasteiger partial charge on any atom is -0.305 e. The molecule has 3 atom stereocenters. The Morgan fingerprint density at radius 2 is 2.00 bits per heavy atom. The van der Waals surface area contributed by atoms with Gasteiger partial charge in [-0.25, -0.2) is 4.39 Å². The first-order valence-electron chi connectivity index (χ1n) is 6.66. The maximum absolute atomic E-state index is 12.8. The van der Waals surface area contributed by atoms with E-state index >= 15 is 0 Å². The molecule has 0 aliphatic heterocycles. The number of halogens is 1. The van der Waals surface area contributed by atoms with Gasteiger partial charge in [0.1, 0.15) is 5.82 Å². The minimum absolute atomic E-state index is 0.152. The van der Waals surface area contributed by atoms with Gasteiger partial charge in [-0.15, -0.1) is 0 Å². The summed E-state index contributed by atoms with van der Waals surface area (Å²) in [6, 6.07) is 14.4. The van der Waals surface area contributed by atoms with E-state index in [2.05, 4.69) is 41.5 Å². The van der Waals surface area contributed by atoms with Crippen LogP contribution in [-0.2, 0) is 0 Å². The first kappa shape index (κ1) is 12.3. The van der Waals surface area contributed by atoms with Gasteiger partial charge in [0.2, 0.25) is 0 Å². The van der Waals surface area contributed by atoms with Crippen molar-refractivity contribution in [2.75, 3.05) is 0 Å². The summed E-state index contributed by atoms with van der Waals surface area (Å²) < 4.78 is 12.8. The van der Waals surface area contributed by atoms with Crippen molar-refractivity contribution in [3.63, 3.8) is 0 Å². The van der Waals surface area contributed by atoms with Crippen molar-refractivity contribution in [1.82, 2.24) is 10.3 Å². The first-order chi connectivity index (χ1) is 9.24. The molecule has 0 saturated heterocycles. The summed E-state index contributed by atoms with van der Waals surface area (Å²) in [5.74, 6) is 0.314. The van der Waals surface area contributed by atoms with E-state index in [1.807, 2.05) is 6.07 Å². The van der Waals surface area contributed by atoms with E-state index in [0.717, 1.165) is 12.1 Å². The molecule has 3 unspecified atom stereocenters. The fourth-order valence-electron chi connectivity index (χ4n) is 2.50. The maximum atomic E-state index is 12.8.